The van der Waals surface area contributed by atoms with Gasteiger partial charge < -0.3 is 15.5 Å². The molecule has 3 aromatic carbocycles. The number of benzene rings is 3. The monoisotopic (exact) mass is 505 g/mol. The van der Waals surface area contributed by atoms with Gasteiger partial charge in [0, 0.05) is 49.5 Å². The second-order valence-electron chi connectivity index (χ2n) is 9.72. The van der Waals surface area contributed by atoms with Crippen LogP contribution in [0.3, 0.4) is 0 Å². The van der Waals surface area contributed by atoms with E-state index in [9.17, 15) is 0 Å². The molecule has 192 valence electrons. The van der Waals surface area contributed by atoms with Gasteiger partial charge in [0.2, 0.25) is 11.9 Å². The Balaban J connectivity index is 1.12. The Labute approximate surface area is 222 Å². The van der Waals surface area contributed by atoms with E-state index in [1.165, 1.54) is 17.5 Å². The lowest BCUT2D eigenvalue weighted by atomic mass is 10.1. The summed E-state index contributed by atoms with van der Waals surface area (Å²) in [5.74, 6) is 0.975. The molecule has 9 heteroatoms. The first-order valence-electron chi connectivity index (χ1n) is 12.9. The van der Waals surface area contributed by atoms with Crippen molar-refractivity contribution >= 4 is 34.2 Å². The summed E-state index contributed by atoms with van der Waals surface area (Å²) in [6, 6.07) is 24.9. The third-order valence-electron chi connectivity index (χ3n) is 6.83. The van der Waals surface area contributed by atoms with Gasteiger partial charge in [-0.3, -0.25) is 9.58 Å². The van der Waals surface area contributed by atoms with Gasteiger partial charge in [0.1, 0.15) is 6.33 Å². The lowest BCUT2D eigenvalue weighted by Crippen LogP contribution is -2.43. The third kappa shape index (κ3) is 5.80. The summed E-state index contributed by atoms with van der Waals surface area (Å²) in [5, 5.41) is 12.3. The fraction of sp³-hybridized carbons (Fsp3) is 0.241. The van der Waals surface area contributed by atoms with Crippen molar-refractivity contribution in [3.05, 3.63) is 96.4 Å². The van der Waals surface area contributed by atoms with Crippen LogP contribution in [0.25, 0.3) is 10.9 Å². The molecule has 9 nitrogen and oxygen atoms in total. The Hall–Kier alpha value is -4.34. The van der Waals surface area contributed by atoms with Crippen LogP contribution in [0.2, 0.25) is 0 Å². The highest BCUT2D eigenvalue weighted by molar-refractivity contribution is 5.83. The number of nitrogens with zero attached hydrogens (tertiary/aromatic N) is 7. The molecule has 0 amide bonds. The summed E-state index contributed by atoms with van der Waals surface area (Å²) in [5.41, 5.74) is 5.42. The van der Waals surface area contributed by atoms with Crippen LogP contribution >= 0.6 is 0 Å². The van der Waals surface area contributed by atoms with Crippen LogP contribution in [0, 0.1) is 0 Å². The Morgan fingerprint density at radius 2 is 1.47 bits per heavy atom. The standard InChI is InChI=1S/C29H31N9/c1-36-12-14-37(15-13-36)19-23-8-5-9-25(16-23)33-28-30-21-31-29(35-28)34-26-10-11-27-24(17-26)18-32-38(27)20-22-6-3-2-4-7-22/h2-11,16-18,21H,12-15,19-20H2,1H3,(H2,30,31,33,34,35). The van der Waals surface area contributed by atoms with E-state index in [2.05, 4.69) is 90.0 Å². The van der Waals surface area contributed by atoms with Crippen LogP contribution in [0.15, 0.2) is 85.3 Å². The molecule has 1 fully saturated rings. The number of anilines is 4. The molecule has 0 aliphatic carbocycles. The molecule has 6 rings (SSSR count). The average Bonchev–Trinajstić information content (AvgIpc) is 3.33. The minimum atomic E-state index is 0.479. The van der Waals surface area contributed by atoms with Crippen molar-refractivity contribution in [1.82, 2.24) is 34.5 Å². The van der Waals surface area contributed by atoms with Gasteiger partial charge in [0.15, 0.2) is 0 Å². The second kappa shape index (κ2) is 11.0. The van der Waals surface area contributed by atoms with Gasteiger partial charge in [0.25, 0.3) is 0 Å². The summed E-state index contributed by atoms with van der Waals surface area (Å²) in [7, 11) is 2.18. The largest absolute Gasteiger partial charge is 0.324 e. The molecule has 38 heavy (non-hydrogen) atoms. The zero-order chi connectivity index (χ0) is 25.7. The maximum atomic E-state index is 4.58. The van der Waals surface area contributed by atoms with E-state index < -0.39 is 0 Å². The first kappa shape index (κ1) is 24.0. The van der Waals surface area contributed by atoms with E-state index in [1.54, 1.807) is 0 Å². The van der Waals surface area contributed by atoms with Crippen LogP contribution in [0.1, 0.15) is 11.1 Å². The van der Waals surface area contributed by atoms with Crippen molar-refractivity contribution in [3.63, 3.8) is 0 Å². The zero-order valence-electron chi connectivity index (χ0n) is 21.5. The van der Waals surface area contributed by atoms with E-state index in [0.717, 1.165) is 61.5 Å². The molecule has 0 radical (unpaired) electrons. The van der Waals surface area contributed by atoms with Gasteiger partial charge in [-0.15, -0.1) is 0 Å². The number of hydrogen-bond acceptors (Lipinski definition) is 8. The molecule has 5 aromatic rings. The van der Waals surface area contributed by atoms with Crippen LogP contribution < -0.4 is 10.6 Å². The average molecular weight is 506 g/mol. The number of piperazine rings is 1. The molecular weight excluding hydrogens is 474 g/mol. The molecule has 0 saturated carbocycles. The fourth-order valence-electron chi connectivity index (χ4n) is 4.73. The maximum absolute atomic E-state index is 4.58. The highest BCUT2D eigenvalue weighted by Gasteiger charge is 2.14. The highest BCUT2D eigenvalue weighted by Crippen LogP contribution is 2.23. The van der Waals surface area contributed by atoms with Crippen molar-refractivity contribution in [2.45, 2.75) is 13.1 Å². The van der Waals surface area contributed by atoms with Crippen molar-refractivity contribution < 1.29 is 0 Å². The molecular formula is C29H31N9. The predicted octanol–water partition coefficient (Wildman–Crippen LogP) is 4.50. The maximum Gasteiger partial charge on any atom is 0.232 e. The quantitative estimate of drug-likeness (QED) is 0.319. The van der Waals surface area contributed by atoms with Crippen molar-refractivity contribution in [1.29, 1.82) is 0 Å². The predicted molar refractivity (Wildman–Crippen MR) is 151 cm³/mol. The Morgan fingerprint density at radius 3 is 2.26 bits per heavy atom. The molecule has 0 bridgehead atoms. The number of aromatic nitrogens is 5. The minimum Gasteiger partial charge on any atom is -0.324 e. The Kier molecular flexibility index (Phi) is 6.93. The first-order chi connectivity index (χ1) is 18.7. The van der Waals surface area contributed by atoms with Gasteiger partial charge in [-0.2, -0.15) is 10.1 Å². The third-order valence-corrected chi connectivity index (χ3v) is 6.83. The van der Waals surface area contributed by atoms with Crippen molar-refractivity contribution in [2.75, 3.05) is 43.9 Å². The van der Waals surface area contributed by atoms with Crippen LogP contribution in [-0.4, -0.2) is 67.8 Å². The van der Waals surface area contributed by atoms with Crippen molar-refractivity contribution in [3.8, 4) is 0 Å². The minimum absolute atomic E-state index is 0.479. The summed E-state index contributed by atoms with van der Waals surface area (Å²) < 4.78 is 2.01. The molecule has 0 spiro atoms. The van der Waals surface area contributed by atoms with E-state index in [1.807, 2.05) is 41.2 Å². The topological polar surface area (TPSA) is 87.0 Å². The number of hydrogen-bond donors (Lipinski definition) is 2. The van der Waals surface area contributed by atoms with E-state index in [4.69, 9.17) is 0 Å². The van der Waals surface area contributed by atoms with Crippen LogP contribution in [-0.2, 0) is 13.1 Å². The van der Waals surface area contributed by atoms with E-state index in [0.29, 0.717) is 11.9 Å². The second-order valence-corrected chi connectivity index (χ2v) is 9.72. The van der Waals surface area contributed by atoms with E-state index >= 15 is 0 Å². The van der Waals surface area contributed by atoms with Gasteiger partial charge in [-0.05, 0) is 48.5 Å². The lowest BCUT2D eigenvalue weighted by Gasteiger charge is -2.32. The number of rotatable bonds is 8. The van der Waals surface area contributed by atoms with Gasteiger partial charge in [-0.1, -0.05) is 42.5 Å². The number of likely N-dealkylation sites (N-methyl/N-ethyl adjacent to an activating group) is 1. The molecule has 1 aliphatic rings. The number of nitrogens with one attached hydrogen (secondary N) is 2. The van der Waals surface area contributed by atoms with Gasteiger partial charge >= 0.3 is 0 Å². The summed E-state index contributed by atoms with van der Waals surface area (Å²) in [4.78, 5) is 18.1. The highest BCUT2D eigenvalue weighted by atomic mass is 15.3. The van der Waals surface area contributed by atoms with Crippen molar-refractivity contribution in [2.24, 2.45) is 0 Å². The molecule has 0 unspecified atom stereocenters. The van der Waals surface area contributed by atoms with Gasteiger partial charge in [-0.25, -0.2) is 9.97 Å². The van der Waals surface area contributed by atoms with Gasteiger partial charge in [0.05, 0.1) is 18.3 Å². The van der Waals surface area contributed by atoms with Crippen LogP contribution in [0.5, 0.6) is 0 Å². The zero-order valence-corrected chi connectivity index (χ0v) is 21.5. The summed E-state index contributed by atoms with van der Waals surface area (Å²) in [6.45, 7) is 6.09. The molecule has 3 heterocycles. The molecule has 2 aromatic heterocycles. The SMILES string of the molecule is CN1CCN(Cc2cccc(Nc3ncnc(Nc4ccc5c(cnn5Cc5ccccc5)c4)n3)c2)CC1. The normalized spacial score (nSPS) is 14.6. The Bertz CT molecular complexity index is 1510. The van der Waals surface area contributed by atoms with E-state index in [-0.39, 0.29) is 0 Å². The summed E-state index contributed by atoms with van der Waals surface area (Å²) >= 11 is 0. The molecule has 2 N–H and O–H groups in total. The lowest BCUT2D eigenvalue weighted by molar-refractivity contribution is 0.148. The summed E-state index contributed by atoms with van der Waals surface area (Å²) in [6.07, 6.45) is 3.40. The van der Waals surface area contributed by atoms with Crippen LogP contribution in [0.4, 0.5) is 23.3 Å². The smallest absolute Gasteiger partial charge is 0.232 e. The molecule has 1 saturated heterocycles. The number of fused-ring (bicyclic) bond motifs is 1. The first-order valence-corrected chi connectivity index (χ1v) is 12.9. The molecule has 0 atom stereocenters. The fourth-order valence-corrected chi connectivity index (χ4v) is 4.73. The molecule has 1 aliphatic heterocycles. The Morgan fingerprint density at radius 1 is 0.737 bits per heavy atom.